The third kappa shape index (κ3) is 5.32. The Kier molecular flexibility index (Phi) is 7.09. The van der Waals surface area contributed by atoms with Crippen LogP contribution in [0.1, 0.15) is 58.1 Å². The van der Waals surface area contributed by atoms with Crippen LogP contribution in [0.4, 0.5) is 0 Å². The van der Waals surface area contributed by atoms with Gasteiger partial charge in [-0.1, -0.05) is 41.4 Å². The van der Waals surface area contributed by atoms with E-state index in [1.807, 2.05) is 0 Å². The molecule has 4 heteroatoms. The highest BCUT2D eigenvalue weighted by molar-refractivity contribution is 9.10. The van der Waals surface area contributed by atoms with Crippen molar-refractivity contribution in [3.05, 3.63) is 34.3 Å². The van der Waals surface area contributed by atoms with E-state index in [0.29, 0.717) is 6.04 Å². The molecule has 0 spiro atoms. The summed E-state index contributed by atoms with van der Waals surface area (Å²) in [5.41, 5.74) is 1.31. The molecule has 0 bridgehead atoms. The van der Waals surface area contributed by atoms with E-state index < -0.39 is 0 Å². The summed E-state index contributed by atoms with van der Waals surface area (Å²) in [6, 6.07) is 9.15. The van der Waals surface area contributed by atoms with Gasteiger partial charge in [0.1, 0.15) is 0 Å². The van der Waals surface area contributed by atoms with Crippen LogP contribution in [0.5, 0.6) is 0 Å². The van der Waals surface area contributed by atoms with Crippen LogP contribution in [0.2, 0.25) is 0 Å². The molecule has 0 aliphatic carbocycles. The van der Waals surface area contributed by atoms with E-state index in [2.05, 4.69) is 71.2 Å². The molecule has 1 heterocycles. The largest absolute Gasteiger partial charge is 0.353 e. The highest BCUT2D eigenvalue weighted by Crippen LogP contribution is 2.27. The molecule has 2 rings (SSSR count). The molecule has 0 aromatic heterocycles. The average Bonchev–Trinajstić information content (AvgIpc) is 2.55. The molecule has 3 unspecified atom stereocenters. The van der Waals surface area contributed by atoms with Gasteiger partial charge in [-0.2, -0.15) is 0 Å². The third-order valence-electron chi connectivity index (χ3n) is 4.83. The SMILES string of the molecule is CCCC(C)NC(=O)C1CCCN(C(C)c2ccc(Br)cc2)C1. The zero-order valence-electron chi connectivity index (χ0n) is 14.5. The fraction of sp³-hybridized carbons (Fsp3) is 0.632. The van der Waals surface area contributed by atoms with Crippen molar-refractivity contribution in [2.45, 2.75) is 58.5 Å². The van der Waals surface area contributed by atoms with E-state index in [1.54, 1.807) is 0 Å². The number of likely N-dealkylation sites (tertiary alicyclic amines) is 1. The lowest BCUT2D eigenvalue weighted by Gasteiger charge is -2.36. The molecule has 1 aromatic rings. The fourth-order valence-corrected chi connectivity index (χ4v) is 3.65. The lowest BCUT2D eigenvalue weighted by Crippen LogP contribution is -2.45. The van der Waals surface area contributed by atoms with Gasteiger partial charge >= 0.3 is 0 Å². The molecule has 1 N–H and O–H groups in total. The lowest BCUT2D eigenvalue weighted by atomic mass is 9.94. The minimum atomic E-state index is 0.126. The first-order valence-corrected chi connectivity index (χ1v) is 9.60. The van der Waals surface area contributed by atoms with Crippen molar-refractivity contribution >= 4 is 21.8 Å². The maximum absolute atomic E-state index is 12.5. The van der Waals surface area contributed by atoms with Gasteiger partial charge in [-0.05, 0) is 57.4 Å². The Morgan fingerprint density at radius 2 is 2.04 bits per heavy atom. The Labute approximate surface area is 149 Å². The summed E-state index contributed by atoms with van der Waals surface area (Å²) in [4.78, 5) is 14.9. The zero-order valence-corrected chi connectivity index (χ0v) is 16.1. The maximum Gasteiger partial charge on any atom is 0.224 e. The van der Waals surface area contributed by atoms with Crippen LogP contribution >= 0.6 is 15.9 Å². The van der Waals surface area contributed by atoms with Crippen LogP contribution in [0.25, 0.3) is 0 Å². The van der Waals surface area contributed by atoms with Gasteiger partial charge in [-0.15, -0.1) is 0 Å². The smallest absolute Gasteiger partial charge is 0.224 e. The first-order chi connectivity index (χ1) is 11.0. The molecule has 23 heavy (non-hydrogen) atoms. The van der Waals surface area contributed by atoms with Gasteiger partial charge in [0.05, 0.1) is 5.92 Å². The molecule has 128 valence electrons. The average molecular weight is 381 g/mol. The van der Waals surface area contributed by atoms with E-state index in [-0.39, 0.29) is 17.9 Å². The molecule has 0 saturated carbocycles. The van der Waals surface area contributed by atoms with Crippen LogP contribution in [-0.2, 0) is 4.79 Å². The quantitative estimate of drug-likeness (QED) is 0.786. The number of benzene rings is 1. The standard InChI is InChI=1S/C19H29BrN2O/c1-4-6-14(2)21-19(23)17-7-5-12-22(13-17)15(3)16-8-10-18(20)11-9-16/h8-11,14-15,17H,4-7,12-13H2,1-3H3,(H,21,23). The summed E-state index contributed by atoms with van der Waals surface area (Å²) in [5.74, 6) is 0.361. The highest BCUT2D eigenvalue weighted by atomic mass is 79.9. The van der Waals surface area contributed by atoms with Gasteiger partial charge in [0.2, 0.25) is 5.91 Å². The minimum Gasteiger partial charge on any atom is -0.353 e. The number of nitrogens with one attached hydrogen (secondary N) is 1. The Hall–Kier alpha value is -0.870. The Morgan fingerprint density at radius 1 is 1.35 bits per heavy atom. The lowest BCUT2D eigenvalue weighted by molar-refractivity contribution is -0.127. The second-order valence-electron chi connectivity index (χ2n) is 6.76. The van der Waals surface area contributed by atoms with Gasteiger partial charge in [-0.3, -0.25) is 9.69 Å². The number of amides is 1. The van der Waals surface area contributed by atoms with Gasteiger partial charge in [0, 0.05) is 23.1 Å². The molecule has 1 aromatic carbocycles. The van der Waals surface area contributed by atoms with Crippen molar-refractivity contribution in [1.82, 2.24) is 10.2 Å². The van der Waals surface area contributed by atoms with Crippen molar-refractivity contribution in [2.75, 3.05) is 13.1 Å². The van der Waals surface area contributed by atoms with Gasteiger partial charge < -0.3 is 5.32 Å². The number of hydrogen-bond donors (Lipinski definition) is 1. The molecular weight excluding hydrogens is 352 g/mol. The first-order valence-electron chi connectivity index (χ1n) is 8.81. The van der Waals surface area contributed by atoms with Crippen LogP contribution in [0, 0.1) is 5.92 Å². The summed E-state index contributed by atoms with van der Waals surface area (Å²) in [5, 5.41) is 3.19. The summed E-state index contributed by atoms with van der Waals surface area (Å²) < 4.78 is 1.11. The number of hydrogen-bond acceptors (Lipinski definition) is 2. The van der Waals surface area contributed by atoms with E-state index >= 15 is 0 Å². The Bertz CT molecular complexity index is 503. The third-order valence-corrected chi connectivity index (χ3v) is 5.36. The number of nitrogens with zero attached hydrogens (tertiary/aromatic N) is 1. The van der Waals surface area contributed by atoms with E-state index in [0.717, 1.165) is 43.2 Å². The molecule has 3 atom stereocenters. The van der Waals surface area contributed by atoms with Gasteiger partial charge in [0.25, 0.3) is 0 Å². The van der Waals surface area contributed by atoms with Crippen LogP contribution in [0.3, 0.4) is 0 Å². The van der Waals surface area contributed by atoms with Crippen molar-refractivity contribution in [1.29, 1.82) is 0 Å². The molecule has 1 aliphatic heterocycles. The molecule has 1 aliphatic rings. The molecule has 3 nitrogen and oxygen atoms in total. The molecule has 1 fully saturated rings. The van der Waals surface area contributed by atoms with Crippen LogP contribution in [0.15, 0.2) is 28.7 Å². The summed E-state index contributed by atoms with van der Waals surface area (Å²) in [6.07, 6.45) is 4.27. The second-order valence-corrected chi connectivity index (χ2v) is 7.68. The fourth-order valence-electron chi connectivity index (χ4n) is 3.39. The van der Waals surface area contributed by atoms with Gasteiger partial charge in [-0.25, -0.2) is 0 Å². The second kappa shape index (κ2) is 8.84. The van der Waals surface area contributed by atoms with Crippen molar-refractivity contribution in [3.63, 3.8) is 0 Å². The van der Waals surface area contributed by atoms with E-state index in [4.69, 9.17) is 0 Å². The van der Waals surface area contributed by atoms with Crippen molar-refractivity contribution in [2.24, 2.45) is 5.92 Å². The predicted molar refractivity (Wildman–Crippen MR) is 99.4 cm³/mol. The Morgan fingerprint density at radius 3 is 2.70 bits per heavy atom. The number of carbonyl (C=O) groups is 1. The summed E-state index contributed by atoms with van der Waals surface area (Å²) in [7, 11) is 0. The number of piperidine rings is 1. The van der Waals surface area contributed by atoms with E-state index in [9.17, 15) is 4.79 Å². The molecule has 1 amide bonds. The van der Waals surface area contributed by atoms with E-state index in [1.165, 1.54) is 5.56 Å². The summed E-state index contributed by atoms with van der Waals surface area (Å²) in [6.45, 7) is 8.44. The van der Waals surface area contributed by atoms with Crippen molar-refractivity contribution in [3.8, 4) is 0 Å². The predicted octanol–water partition coefficient (Wildman–Crippen LogP) is 4.53. The number of carbonyl (C=O) groups excluding carboxylic acids is 1. The Balaban J connectivity index is 1.94. The topological polar surface area (TPSA) is 32.3 Å². The van der Waals surface area contributed by atoms with Crippen LogP contribution < -0.4 is 5.32 Å². The minimum absolute atomic E-state index is 0.126. The summed E-state index contributed by atoms with van der Waals surface area (Å²) >= 11 is 3.49. The van der Waals surface area contributed by atoms with Crippen LogP contribution in [-0.4, -0.2) is 29.9 Å². The highest BCUT2D eigenvalue weighted by Gasteiger charge is 2.29. The molecule has 0 radical (unpaired) electrons. The zero-order chi connectivity index (χ0) is 16.8. The number of rotatable bonds is 6. The molecular formula is C19H29BrN2O. The first kappa shape index (κ1) is 18.5. The normalized spacial score (nSPS) is 21.7. The number of halogens is 1. The monoisotopic (exact) mass is 380 g/mol. The van der Waals surface area contributed by atoms with Gasteiger partial charge in [0.15, 0.2) is 0 Å². The maximum atomic E-state index is 12.5. The van der Waals surface area contributed by atoms with Crippen molar-refractivity contribution < 1.29 is 4.79 Å². The molecule has 1 saturated heterocycles.